The maximum absolute atomic E-state index is 13.3. The third-order valence-electron chi connectivity index (χ3n) is 3.70. The smallest absolute Gasteiger partial charge is 0.237 e. The molecule has 2 aromatic rings. The van der Waals surface area contributed by atoms with Gasteiger partial charge in [0.1, 0.15) is 5.82 Å². The lowest BCUT2D eigenvalue weighted by molar-refractivity contribution is -0.132. The summed E-state index contributed by atoms with van der Waals surface area (Å²) in [5.41, 5.74) is 1.99. The molecule has 0 heterocycles. The molecular formula is C19H23FN2O. The lowest BCUT2D eigenvalue weighted by Crippen LogP contribution is -2.38. The van der Waals surface area contributed by atoms with Crippen LogP contribution in [0.4, 0.5) is 4.39 Å². The Kier molecular flexibility index (Phi) is 6.29. The summed E-state index contributed by atoms with van der Waals surface area (Å²) in [6.07, 6.45) is 0. The molecule has 0 aromatic heterocycles. The van der Waals surface area contributed by atoms with E-state index in [2.05, 4.69) is 0 Å². The van der Waals surface area contributed by atoms with Gasteiger partial charge >= 0.3 is 0 Å². The number of carbonyl (C=O) groups excluding carboxylic acids is 1. The Labute approximate surface area is 137 Å². The van der Waals surface area contributed by atoms with Crippen molar-refractivity contribution in [1.29, 1.82) is 0 Å². The molecule has 3 nitrogen and oxygen atoms in total. The van der Waals surface area contributed by atoms with Crippen molar-refractivity contribution >= 4 is 5.91 Å². The zero-order valence-corrected chi connectivity index (χ0v) is 13.7. The Morgan fingerprint density at radius 2 is 1.70 bits per heavy atom. The topological polar surface area (TPSA) is 23.6 Å². The molecular weight excluding hydrogens is 291 g/mol. The molecule has 4 heteroatoms. The molecule has 2 aromatic carbocycles. The fraction of sp³-hybridized carbons (Fsp3) is 0.316. The minimum atomic E-state index is -0.271. The molecule has 0 bridgehead atoms. The fourth-order valence-electron chi connectivity index (χ4n) is 2.51. The van der Waals surface area contributed by atoms with E-state index in [4.69, 9.17) is 0 Å². The highest BCUT2D eigenvalue weighted by Gasteiger charge is 2.15. The number of amides is 1. The maximum atomic E-state index is 13.3. The molecule has 0 saturated carbocycles. The van der Waals surface area contributed by atoms with Gasteiger partial charge in [-0.15, -0.1) is 0 Å². The normalized spacial score (nSPS) is 10.8. The van der Waals surface area contributed by atoms with Crippen molar-refractivity contribution in [3.63, 3.8) is 0 Å². The highest BCUT2D eigenvalue weighted by atomic mass is 19.1. The van der Waals surface area contributed by atoms with Gasteiger partial charge in [-0.25, -0.2) is 4.39 Å². The van der Waals surface area contributed by atoms with Gasteiger partial charge in [0.15, 0.2) is 0 Å². The molecule has 0 N–H and O–H groups in total. The minimum absolute atomic E-state index is 0.0511. The number of rotatable bonds is 7. The van der Waals surface area contributed by atoms with Gasteiger partial charge in [-0.1, -0.05) is 42.5 Å². The summed E-state index contributed by atoms with van der Waals surface area (Å²) in [4.78, 5) is 16.2. The third kappa shape index (κ3) is 5.49. The first-order chi connectivity index (χ1) is 11.1. The summed E-state index contributed by atoms with van der Waals surface area (Å²) in [6.45, 7) is 4.05. The Balaban J connectivity index is 1.91. The van der Waals surface area contributed by atoms with Crippen LogP contribution in [0.1, 0.15) is 18.1 Å². The number of halogens is 1. The first-order valence-electron chi connectivity index (χ1n) is 7.83. The monoisotopic (exact) mass is 314 g/mol. The van der Waals surface area contributed by atoms with Crippen LogP contribution in [0.3, 0.4) is 0 Å². The molecule has 0 radical (unpaired) electrons. The van der Waals surface area contributed by atoms with Gasteiger partial charge in [-0.05, 0) is 37.2 Å². The molecule has 0 saturated heterocycles. The number of hydrogen-bond donors (Lipinski definition) is 0. The summed E-state index contributed by atoms with van der Waals surface area (Å²) in [6, 6.07) is 16.5. The van der Waals surface area contributed by atoms with Crippen molar-refractivity contribution < 1.29 is 9.18 Å². The second-order valence-electron chi connectivity index (χ2n) is 5.70. The molecule has 0 aliphatic rings. The maximum Gasteiger partial charge on any atom is 0.237 e. The van der Waals surface area contributed by atoms with Gasteiger partial charge in [0.05, 0.1) is 6.54 Å². The zero-order chi connectivity index (χ0) is 16.7. The number of hydrogen-bond acceptors (Lipinski definition) is 2. The summed E-state index contributed by atoms with van der Waals surface area (Å²) < 4.78 is 13.3. The Morgan fingerprint density at radius 3 is 2.35 bits per heavy atom. The second kappa shape index (κ2) is 8.44. The van der Waals surface area contributed by atoms with E-state index < -0.39 is 0 Å². The summed E-state index contributed by atoms with van der Waals surface area (Å²) >= 11 is 0. The largest absolute Gasteiger partial charge is 0.338 e. The lowest BCUT2D eigenvalue weighted by Gasteiger charge is -2.24. The van der Waals surface area contributed by atoms with Gasteiger partial charge in [0, 0.05) is 19.6 Å². The first kappa shape index (κ1) is 17.2. The third-order valence-corrected chi connectivity index (χ3v) is 3.70. The van der Waals surface area contributed by atoms with E-state index >= 15 is 0 Å². The van der Waals surface area contributed by atoms with Crippen molar-refractivity contribution in [3.05, 3.63) is 71.5 Å². The van der Waals surface area contributed by atoms with Crippen molar-refractivity contribution in [2.75, 3.05) is 20.1 Å². The molecule has 0 unspecified atom stereocenters. The van der Waals surface area contributed by atoms with Crippen molar-refractivity contribution in [2.24, 2.45) is 0 Å². The van der Waals surface area contributed by atoms with E-state index in [1.165, 1.54) is 17.7 Å². The van der Waals surface area contributed by atoms with Crippen LogP contribution in [-0.4, -0.2) is 35.8 Å². The zero-order valence-electron chi connectivity index (χ0n) is 13.7. The van der Waals surface area contributed by atoms with Crippen LogP contribution < -0.4 is 0 Å². The van der Waals surface area contributed by atoms with Crippen LogP contribution >= 0.6 is 0 Å². The molecule has 23 heavy (non-hydrogen) atoms. The summed E-state index contributed by atoms with van der Waals surface area (Å²) in [7, 11) is 1.93. The number of carbonyl (C=O) groups is 1. The van der Waals surface area contributed by atoms with E-state index in [1.807, 2.05) is 55.3 Å². The Morgan fingerprint density at radius 1 is 1.00 bits per heavy atom. The van der Waals surface area contributed by atoms with E-state index in [0.717, 1.165) is 12.1 Å². The van der Waals surface area contributed by atoms with Gasteiger partial charge < -0.3 is 4.90 Å². The molecule has 0 aliphatic heterocycles. The molecule has 0 fully saturated rings. The van der Waals surface area contributed by atoms with Crippen LogP contribution in [-0.2, 0) is 17.9 Å². The van der Waals surface area contributed by atoms with E-state index in [1.54, 1.807) is 11.0 Å². The predicted molar refractivity (Wildman–Crippen MR) is 90.3 cm³/mol. The molecule has 1 amide bonds. The quantitative estimate of drug-likeness (QED) is 0.783. The average molecular weight is 314 g/mol. The van der Waals surface area contributed by atoms with Gasteiger partial charge in [0.25, 0.3) is 0 Å². The number of likely N-dealkylation sites (N-methyl/N-ethyl adjacent to an activating group) is 2. The SMILES string of the molecule is CCN(Cc1cccc(F)c1)C(=O)CN(C)Cc1ccccc1. The van der Waals surface area contributed by atoms with Crippen LogP contribution in [0.25, 0.3) is 0 Å². The summed E-state index contributed by atoms with van der Waals surface area (Å²) in [5, 5.41) is 0. The predicted octanol–water partition coefficient (Wildman–Crippen LogP) is 3.31. The first-order valence-corrected chi connectivity index (χ1v) is 7.83. The van der Waals surface area contributed by atoms with Crippen LogP contribution in [0.5, 0.6) is 0 Å². The molecule has 0 atom stereocenters. The lowest BCUT2D eigenvalue weighted by atomic mass is 10.2. The molecule has 2 rings (SSSR count). The van der Waals surface area contributed by atoms with Crippen molar-refractivity contribution in [1.82, 2.24) is 9.80 Å². The summed E-state index contributed by atoms with van der Waals surface area (Å²) in [5.74, 6) is -0.220. The minimum Gasteiger partial charge on any atom is -0.338 e. The number of nitrogens with zero attached hydrogens (tertiary/aromatic N) is 2. The fourth-order valence-corrected chi connectivity index (χ4v) is 2.51. The van der Waals surface area contributed by atoms with Crippen LogP contribution in [0.2, 0.25) is 0 Å². The molecule has 122 valence electrons. The molecule has 0 aliphatic carbocycles. The Bertz CT molecular complexity index is 630. The van der Waals surface area contributed by atoms with Crippen molar-refractivity contribution in [3.8, 4) is 0 Å². The van der Waals surface area contributed by atoms with Gasteiger partial charge in [-0.2, -0.15) is 0 Å². The van der Waals surface area contributed by atoms with E-state index in [-0.39, 0.29) is 11.7 Å². The average Bonchev–Trinajstić information content (AvgIpc) is 2.53. The van der Waals surface area contributed by atoms with E-state index in [0.29, 0.717) is 19.6 Å². The van der Waals surface area contributed by atoms with Gasteiger partial charge in [-0.3, -0.25) is 9.69 Å². The highest BCUT2D eigenvalue weighted by Crippen LogP contribution is 2.09. The second-order valence-corrected chi connectivity index (χ2v) is 5.70. The van der Waals surface area contributed by atoms with Crippen molar-refractivity contribution in [2.45, 2.75) is 20.0 Å². The van der Waals surface area contributed by atoms with E-state index in [9.17, 15) is 9.18 Å². The van der Waals surface area contributed by atoms with Crippen LogP contribution in [0, 0.1) is 5.82 Å². The van der Waals surface area contributed by atoms with Crippen LogP contribution in [0.15, 0.2) is 54.6 Å². The Hall–Kier alpha value is -2.20. The molecule has 0 spiro atoms. The number of benzene rings is 2. The highest BCUT2D eigenvalue weighted by molar-refractivity contribution is 5.78. The standard InChI is InChI=1S/C19H23FN2O/c1-3-22(14-17-10-7-11-18(20)12-17)19(23)15-21(2)13-16-8-5-4-6-9-16/h4-12H,3,13-15H2,1-2H3. The van der Waals surface area contributed by atoms with Gasteiger partial charge in [0.2, 0.25) is 5.91 Å².